The highest BCUT2D eigenvalue weighted by molar-refractivity contribution is 9.10. The van der Waals surface area contributed by atoms with Gasteiger partial charge in [-0.25, -0.2) is 0 Å². The number of rotatable bonds is 5. The van der Waals surface area contributed by atoms with Crippen LogP contribution < -0.4 is 0 Å². The minimum Gasteiger partial charge on any atom is -0.292 e. The van der Waals surface area contributed by atoms with Crippen LogP contribution in [0, 0.1) is 0 Å². The van der Waals surface area contributed by atoms with E-state index >= 15 is 0 Å². The molecule has 0 amide bonds. The zero-order chi connectivity index (χ0) is 14.7. The average molecular weight is 373 g/mol. The Balaban J connectivity index is 2.03. The van der Waals surface area contributed by atoms with E-state index in [0.29, 0.717) is 9.21 Å². The van der Waals surface area contributed by atoms with Gasteiger partial charge in [0, 0.05) is 11.0 Å². The summed E-state index contributed by atoms with van der Waals surface area (Å²) < 4.78 is 1.71. The van der Waals surface area contributed by atoms with Crippen LogP contribution in [0.4, 0.5) is 0 Å². The van der Waals surface area contributed by atoms with Gasteiger partial charge in [-0.3, -0.25) is 9.69 Å². The van der Waals surface area contributed by atoms with E-state index < -0.39 is 0 Å². The highest BCUT2D eigenvalue weighted by atomic mass is 79.9. The summed E-state index contributed by atoms with van der Waals surface area (Å²) in [6.45, 7) is 2.66. The predicted octanol–water partition coefficient (Wildman–Crippen LogP) is 4.87. The van der Waals surface area contributed by atoms with Crippen molar-refractivity contribution in [1.29, 1.82) is 0 Å². The molecule has 106 valence electrons. The smallest absolute Gasteiger partial charge is 0.189 e. The maximum Gasteiger partial charge on any atom is 0.189 e. The first-order valence-electron chi connectivity index (χ1n) is 6.21. The number of carbonyl (C=O) groups is 1. The molecule has 2 rings (SSSR count). The van der Waals surface area contributed by atoms with Gasteiger partial charge in [0.2, 0.25) is 0 Å². The topological polar surface area (TPSA) is 20.3 Å². The molecule has 1 atom stereocenters. The average Bonchev–Trinajstić information content (AvgIpc) is 2.86. The molecule has 1 aromatic heterocycles. The number of Topliss-reactive ketones (excluding diaryl/α,β-unsaturated/α-hetero) is 1. The number of benzene rings is 1. The number of thiophene rings is 1. The third-order valence-electron chi connectivity index (χ3n) is 3.20. The van der Waals surface area contributed by atoms with Crippen LogP contribution in [0.1, 0.15) is 22.2 Å². The molecule has 0 bridgehead atoms. The summed E-state index contributed by atoms with van der Waals surface area (Å²) in [6, 6.07) is 11.5. The van der Waals surface area contributed by atoms with Gasteiger partial charge >= 0.3 is 0 Å². The Morgan fingerprint density at radius 1 is 1.30 bits per heavy atom. The summed E-state index contributed by atoms with van der Waals surface area (Å²) in [6.07, 6.45) is 0. The van der Waals surface area contributed by atoms with Gasteiger partial charge in [-0.2, -0.15) is 0 Å². The van der Waals surface area contributed by atoms with E-state index in [2.05, 4.69) is 28.1 Å². The number of hydrogen-bond acceptors (Lipinski definition) is 3. The molecule has 2 aromatic rings. The highest BCUT2D eigenvalue weighted by Crippen LogP contribution is 2.23. The number of carbonyl (C=O) groups excluding carboxylic acids is 1. The van der Waals surface area contributed by atoms with Gasteiger partial charge < -0.3 is 0 Å². The van der Waals surface area contributed by atoms with E-state index in [-0.39, 0.29) is 11.8 Å². The van der Waals surface area contributed by atoms with E-state index in [9.17, 15) is 4.79 Å². The molecular formula is C15H15BrClNOS. The summed E-state index contributed by atoms with van der Waals surface area (Å²) >= 11 is 10.6. The zero-order valence-electron chi connectivity index (χ0n) is 11.3. The molecule has 1 heterocycles. The second-order valence-electron chi connectivity index (χ2n) is 4.69. The molecule has 0 saturated heterocycles. The third-order valence-corrected chi connectivity index (χ3v) is 4.98. The van der Waals surface area contributed by atoms with E-state index in [1.165, 1.54) is 16.9 Å². The Labute approximate surface area is 136 Å². The van der Waals surface area contributed by atoms with Crippen molar-refractivity contribution in [1.82, 2.24) is 4.90 Å². The zero-order valence-corrected chi connectivity index (χ0v) is 14.4. The second kappa shape index (κ2) is 6.85. The minimum atomic E-state index is -0.173. The maximum atomic E-state index is 12.3. The van der Waals surface area contributed by atoms with Crippen LogP contribution in [0.3, 0.4) is 0 Å². The van der Waals surface area contributed by atoms with Crippen molar-refractivity contribution in [2.75, 3.05) is 7.05 Å². The van der Waals surface area contributed by atoms with Crippen LogP contribution >= 0.6 is 38.9 Å². The van der Waals surface area contributed by atoms with Crippen LogP contribution in [0.2, 0.25) is 4.34 Å². The van der Waals surface area contributed by atoms with Crippen molar-refractivity contribution in [3.63, 3.8) is 0 Å². The fourth-order valence-electron chi connectivity index (χ4n) is 1.87. The molecule has 0 N–H and O–H groups in total. The highest BCUT2D eigenvalue weighted by Gasteiger charge is 2.21. The SMILES string of the molecule is CC(C(=O)c1ccc(Cl)s1)N(C)Cc1ccc(Br)cc1. The van der Waals surface area contributed by atoms with Crippen LogP contribution in [0.15, 0.2) is 40.9 Å². The summed E-state index contributed by atoms with van der Waals surface area (Å²) in [5.74, 6) is 0.113. The van der Waals surface area contributed by atoms with Crippen molar-refractivity contribution >= 4 is 44.7 Å². The largest absolute Gasteiger partial charge is 0.292 e. The normalized spacial score (nSPS) is 12.7. The molecule has 1 unspecified atom stereocenters. The molecule has 0 fully saturated rings. The summed E-state index contributed by atoms with van der Waals surface area (Å²) in [5, 5.41) is 0. The van der Waals surface area contributed by atoms with E-state index in [0.717, 1.165) is 11.0 Å². The Kier molecular flexibility index (Phi) is 5.38. The monoisotopic (exact) mass is 371 g/mol. The number of halogens is 2. The lowest BCUT2D eigenvalue weighted by Gasteiger charge is -2.23. The van der Waals surface area contributed by atoms with E-state index in [1.807, 2.05) is 31.0 Å². The molecule has 0 radical (unpaired) electrons. The molecule has 0 aliphatic rings. The number of hydrogen-bond donors (Lipinski definition) is 0. The minimum absolute atomic E-state index is 0.113. The quantitative estimate of drug-likeness (QED) is 0.698. The first-order chi connectivity index (χ1) is 9.47. The standard InChI is InChI=1S/C15H15BrClNOS/c1-10(15(19)13-7-8-14(17)20-13)18(2)9-11-3-5-12(16)6-4-11/h3-8,10H,9H2,1-2H3. The molecule has 0 saturated carbocycles. The molecule has 1 aromatic carbocycles. The number of likely N-dealkylation sites (N-methyl/N-ethyl adjacent to an activating group) is 1. The van der Waals surface area contributed by atoms with Crippen molar-refractivity contribution in [3.8, 4) is 0 Å². The van der Waals surface area contributed by atoms with E-state index in [4.69, 9.17) is 11.6 Å². The van der Waals surface area contributed by atoms with Gasteiger partial charge in [-0.05, 0) is 43.8 Å². The first-order valence-corrected chi connectivity index (χ1v) is 8.20. The Bertz CT molecular complexity index is 596. The molecule has 0 aliphatic heterocycles. The fraction of sp³-hybridized carbons (Fsp3) is 0.267. The number of nitrogens with zero attached hydrogens (tertiary/aromatic N) is 1. The van der Waals surface area contributed by atoms with Gasteiger partial charge in [-0.1, -0.05) is 39.7 Å². The Morgan fingerprint density at radius 2 is 1.95 bits per heavy atom. The molecular weight excluding hydrogens is 358 g/mol. The second-order valence-corrected chi connectivity index (χ2v) is 7.32. The fourth-order valence-corrected chi connectivity index (χ4v) is 3.20. The molecule has 0 aliphatic carbocycles. The van der Waals surface area contributed by atoms with Crippen LogP contribution in [-0.2, 0) is 6.54 Å². The molecule has 2 nitrogen and oxygen atoms in total. The van der Waals surface area contributed by atoms with Gasteiger partial charge in [0.25, 0.3) is 0 Å². The number of ketones is 1. The molecule has 5 heteroatoms. The van der Waals surface area contributed by atoms with Crippen molar-refractivity contribution in [2.45, 2.75) is 19.5 Å². The molecule has 0 spiro atoms. The van der Waals surface area contributed by atoms with E-state index in [1.54, 1.807) is 12.1 Å². The Morgan fingerprint density at radius 3 is 2.50 bits per heavy atom. The third kappa shape index (κ3) is 3.92. The summed E-state index contributed by atoms with van der Waals surface area (Å²) in [5.41, 5.74) is 1.18. The van der Waals surface area contributed by atoms with Crippen molar-refractivity contribution in [3.05, 3.63) is 55.6 Å². The van der Waals surface area contributed by atoms with Crippen LogP contribution in [0.25, 0.3) is 0 Å². The van der Waals surface area contributed by atoms with Crippen LogP contribution in [-0.4, -0.2) is 23.8 Å². The predicted molar refractivity (Wildman–Crippen MR) is 88.7 cm³/mol. The van der Waals surface area contributed by atoms with Crippen molar-refractivity contribution in [2.24, 2.45) is 0 Å². The first kappa shape index (κ1) is 15.7. The van der Waals surface area contributed by atoms with Crippen LogP contribution in [0.5, 0.6) is 0 Å². The molecule has 20 heavy (non-hydrogen) atoms. The van der Waals surface area contributed by atoms with Gasteiger partial charge in [-0.15, -0.1) is 11.3 Å². The van der Waals surface area contributed by atoms with Gasteiger partial charge in [0.15, 0.2) is 5.78 Å². The summed E-state index contributed by atoms with van der Waals surface area (Å²) in [7, 11) is 1.96. The lowest BCUT2D eigenvalue weighted by molar-refractivity contribution is 0.0866. The van der Waals surface area contributed by atoms with Gasteiger partial charge in [0.1, 0.15) is 0 Å². The lowest BCUT2D eigenvalue weighted by Crippen LogP contribution is -2.35. The summed E-state index contributed by atoms with van der Waals surface area (Å²) in [4.78, 5) is 15.1. The Hall–Kier alpha value is -0.680. The maximum absolute atomic E-state index is 12.3. The van der Waals surface area contributed by atoms with Crippen molar-refractivity contribution < 1.29 is 4.79 Å². The van der Waals surface area contributed by atoms with Gasteiger partial charge in [0.05, 0.1) is 15.3 Å². The lowest BCUT2D eigenvalue weighted by atomic mass is 10.1.